The molecule has 0 atom stereocenters. The number of rotatable bonds is 5. The smallest absolute Gasteiger partial charge is 0.147 e. The number of hydrogen-bond donors (Lipinski definition) is 0. The van der Waals surface area contributed by atoms with Gasteiger partial charge in [-0.3, -0.25) is 4.79 Å². The topological polar surface area (TPSA) is 17.1 Å². The predicted octanol–water partition coefficient (Wildman–Crippen LogP) is 4.49. The van der Waals surface area contributed by atoms with Gasteiger partial charge in [0.15, 0.2) is 0 Å². The molecule has 0 amide bonds. The summed E-state index contributed by atoms with van der Waals surface area (Å²) in [5.41, 5.74) is 0.438. The standard InChI is InChI=1S/C15H12BrFOS/c16-12-6-7-15(17)11(8-12)9-13(18)10-19-14-4-2-1-3-5-14/h1-8H,9-10H2. The quantitative estimate of drug-likeness (QED) is 0.747. The van der Waals surface area contributed by atoms with Crippen LogP contribution in [0, 0.1) is 5.82 Å². The maximum atomic E-state index is 13.5. The molecule has 0 heterocycles. The molecule has 0 N–H and O–H groups in total. The van der Waals surface area contributed by atoms with Crippen LogP contribution in [0.25, 0.3) is 0 Å². The van der Waals surface area contributed by atoms with Crippen molar-refractivity contribution < 1.29 is 9.18 Å². The Morgan fingerprint density at radius 1 is 1.16 bits per heavy atom. The van der Waals surface area contributed by atoms with Crippen LogP contribution >= 0.6 is 27.7 Å². The van der Waals surface area contributed by atoms with Gasteiger partial charge in [0.2, 0.25) is 0 Å². The summed E-state index contributed by atoms with van der Waals surface area (Å²) in [5, 5.41) is 0. The average molecular weight is 339 g/mol. The number of thioether (sulfide) groups is 1. The van der Waals surface area contributed by atoms with Crippen molar-refractivity contribution in [2.24, 2.45) is 0 Å². The van der Waals surface area contributed by atoms with E-state index in [4.69, 9.17) is 0 Å². The number of carbonyl (C=O) groups excluding carboxylic acids is 1. The van der Waals surface area contributed by atoms with Gasteiger partial charge in [0.05, 0.1) is 5.75 Å². The van der Waals surface area contributed by atoms with Gasteiger partial charge < -0.3 is 0 Å². The van der Waals surface area contributed by atoms with E-state index >= 15 is 0 Å². The molecule has 1 nitrogen and oxygen atoms in total. The zero-order chi connectivity index (χ0) is 13.7. The van der Waals surface area contributed by atoms with Crippen LogP contribution in [0.3, 0.4) is 0 Å². The SMILES string of the molecule is O=C(CSc1ccccc1)Cc1cc(Br)ccc1F. The zero-order valence-electron chi connectivity index (χ0n) is 10.1. The average Bonchev–Trinajstić information content (AvgIpc) is 2.42. The van der Waals surface area contributed by atoms with Gasteiger partial charge in [-0.25, -0.2) is 4.39 Å². The second-order valence-electron chi connectivity index (χ2n) is 4.05. The zero-order valence-corrected chi connectivity index (χ0v) is 12.5. The highest BCUT2D eigenvalue weighted by atomic mass is 79.9. The van der Waals surface area contributed by atoms with Crippen LogP contribution in [0.4, 0.5) is 4.39 Å². The first-order valence-corrected chi connectivity index (χ1v) is 7.56. The van der Waals surface area contributed by atoms with Gasteiger partial charge in [-0.05, 0) is 35.9 Å². The molecule has 0 aromatic heterocycles. The number of hydrogen-bond acceptors (Lipinski definition) is 2. The van der Waals surface area contributed by atoms with Crippen LogP contribution in [0.2, 0.25) is 0 Å². The molecule has 98 valence electrons. The van der Waals surface area contributed by atoms with Crippen molar-refractivity contribution in [2.75, 3.05) is 5.75 Å². The molecule has 4 heteroatoms. The van der Waals surface area contributed by atoms with E-state index in [1.807, 2.05) is 30.3 Å². The normalized spacial score (nSPS) is 10.4. The van der Waals surface area contributed by atoms with Crippen LogP contribution in [0.15, 0.2) is 57.9 Å². The van der Waals surface area contributed by atoms with Crippen LogP contribution in [0.1, 0.15) is 5.56 Å². The minimum Gasteiger partial charge on any atom is -0.298 e. The van der Waals surface area contributed by atoms with E-state index in [1.165, 1.54) is 17.8 Å². The molecular formula is C15H12BrFOS. The first-order chi connectivity index (χ1) is 9.15. The summed E-state index contributed by atoms with van der Waals surface area (Å²) in [4.78, 5) is 12.9. The fourth-order valence-electron chi connectivity index (χ4n) is 1.62. The molecule has 2 rings (SSSR count). The molecule has 0 aliphatic rings. The van der Waals surface area contributed by atoms with E-state index in [2.05, 4.69) is 15.9 Å². The van der Waals surface area contributed by atoms with Crippen molar-refractivity contribution in [3.8, 4) is 0 Å². The molecule has 0 saturated carbocycles. The fourth-order valence-corrected chi connectivity index (χ4v) is 2.81. The van der Waals surface area contributed by atoms with Crippen LogP contribution in [-0.2, 0) is 11.2 Å². The molecule has 2 aromatic rings. The third kappa shape index (κ3) is 4.48. The number of Topliss-reactive ketones (excluding diaryl/α,β-unsaturated/α-hetero) is 1. The lowest BCUT2D eigenvalue weighted by atomic mass is 10.1. The van der Waals surface area contributed by atoms with Crippen molar-refractivity contribution in [3.63, 3.8) is 0 Å². The third-order valence-corrected chi connectivity index (χ3v) is 4.10. The Morgan fingerprint density at radius 2 is 1.89 bits per heavy atom. The minimum absolute atomic E-state index is 0.0193. The van der Waals surface area contributed by atoms with Gasteiger partial charge in [-0.2, -0.15) is 0 Å². The van der Waals surface area contributed by atoms with Crippen molar-refractivity contribution in [1.29, 1.82) is 0 Å². The Hall–Kier alpha value is -1.13. The lowest BCUT2D eigenvalue weighted by Crippen LogP contribution is -2.07. The highest BCUT2D eigenvalue weighted by molar-refractivity contribution is 9.10. The molecule has 19 heavy (non-hydrogen) atoms. The molecule has 0 bridgehead atoms. The van der Waals surface area contributed by atoms with E-state index < -0.39 is 0 Å². The number of carbonyl (C=O) groups is 1. The Bertz CT molecular complexity index is 572. The van der Waals surface area contributed by atoms with Crippen molar-refractivity contribution in [2.45, 2.75) is 11.3 Å². The van der Waals surface area contributed by atoms with E-state index in [9.17, 15) is 9.18 Å². The van der Waals surface area contributed by atoms with Gasteiger partial charge in [0.1, 0.15) is 11.6 Å². The molecule has 0 radical (unpaired) electrons. The maximum Gasteiger partial charge on any atom is 0.147 e. The number of halogens is 2. The number of benzene rings is 2. The molecule has 0 unspecified atom stereocenters. The summed E-state index contributed by atoms with van der Waals surface area (Å²) in [7, 11) is 0. The van der Waals surface area contributed by atoms with Crippen LogP contribution in [-0.4, -0.2) is 11.5 Å². The highest BCUT2D eigenvalue weighted by Gasteiger charge is 2.09. The highest BCUT2D eigenvalue weighted by Crippen LogP contribution is 2.19. The van der Waals surface area contributed by atoms with Gasteiger partial charge in [0.25, 0.3) is 0 Å². The van der Waals surface area contributed by atoms with E-state index in [0.29, 0.717) is 11.3 Å². The largest absolute Gasteiger partial charge is 0.298 e. The fraction of sp³-hybridized carbons (Fsp3) is 0.133. The molecule has 0 saturated heterocycles. The van der Waals surface area contributed by atoms with E-state index in [0.717, 1.165) is 9.37 Å². The Labute approximate surface area is 124 Å². The molecule has 0 aliphatic heterocycles. The predicted molar refractivity (Wildman–Crippen MR) is 80.0 cm³/mol. The first-order valence-electron chi connectivity index (χ1n) is 5.78. The molecular weight excluding hydrogens is 327 g/mol. The first kappa shape index (κ1) is 14.3. The summed E-state index contributed by atoms with van der Waals surface area (Å²) in [6, 6.07) is 14.4. The second kappa shape index (κ2) is 6.87. The van der Waals surface area contributed by atoms with Crippen molar-refractivity contribution in [1.82, 2.24) is 0 Å². The molecule has 0 fully saturated rings. The summed E-state index contributed by atoms with van der Waals surface area (Å²) in [5.74, 6) is 0.0443. The second-order valence-corrected chi connectivity index (χ2v) is 6.02. The minimum atomic E-state index is -0.332. The Kier molecular flexibility index (Phi) is 5.16. The lowest BCUT2D eigenvalue weighted by Gasteiger charge is -2.04. The Balaban J connectivity index is 1.93. The van der Waals surface area contributed by atoms with Crippen LogP contribution in [0.5, 0.6) is 0 Å². The maximum absolute atomic E-state index is 13.5. The van der Waals surface area contributed by atoms with Gasteiger partial charge in [-0.15, -0.1) is 11.8 Å². The van der Waals surface area contributed by atoms with Crippen molar-refractivity contribution in [3.05, 3.63) is 64.4 Å². The lowest BCUT2D eigenvalue weighted by molar-refractivity contribution is -0.116. The van der Waals surface area contributed by atoms with Gasteiger partial charge in [-0.1, -0.05) is 34.1 Å². The van der Waals surface area contributed by atoms with Crippen LogP contribution < -0.4 is 0 Å². The van der Waals surface area contributed by atoms with Crippen molar-refractivity contribution >= 4 is 33.5 Å². The summed E-state index contributed by atoms with van der Waals surface area (Å²) in [6.45, 7) is 0. The third-order valence-electron chi connectivity index (χ3n) is 2.54. The monoisotopic (exact) mass is 338 g/mol. The summed E-state index contributed by atoms with van der Waals surface area (Å²) >= 11 is 4.75. The van der Waals surface area contributed by atoms with Gasteiger partial charge >= 0.3 is 0 Å². The van der Waals surface area contributed by atoms with E-state index in [-0.39, 0.29) is 18.0 Å². The molecule has 0 aliphatic carbocycles. The van der Waals surface area contributed by atoms with Gasteiger partial charge in [0, 0.05) is 15.8 Å². The molecule has 2 aromatic carbocycles. The summed E-state index contributed by atoms with van der Waals surface area (Å²) in [6.07, 6.45) is 0.130. The molecule has 0 spiro atoms. The summed E-state index contributed by atoms with van der Waals surface area (Å²) < 4.78 is 14.3. The Morgan fingerprint density at radius 3 is 2.63 bits per heavy atom. The van der Waals surface area contributed by atoms with E-state index in [1.54, 1.807) is 12.1 Å². The number of ketones is 1.